The fourth-order valence-corrected chi connectivity index (χ4v) is 2.08. The molecular formula is C16H17NO2. The Morgan fingerprint density at radius 2 is 1.95 bits per heavy atom. The first-order valence-corrected chi connectivity index (χ1v) is 6.19. The van der Waals surface area contributed by atoms with Gasteiger partial charge in [-0.05, 0) is 18.6 Å². The summed E-state index contributed by atoms with van der Waals surface area (Å²) in [5.41, 5.74) is 1.61. The van der Waals surface area contributed by atoms with E-state index >= 15 is 0 Å². The van der Waals surface area contributed by atoms with E-state index < -0.39 is 6.04 Å². The molecule has 1 atom stereocenters. The predicted octanol–water partition coefficient (Wildman–Crippen LogP) is 3.01. The average molecular weight is 255 g/mol. The molecule has 3 heteroatoms. The molecule has 0 spiro atoms. The third-order valence-electron chi connectivity index (χ3n) is 3.16. The van der Waals surface area contributed by atoms with E-state index in [4.69, 9.17) is 0 Å². The molecule has 1 heterocycles. The summed E-state index contributed by atoms with van der Waals surface area (Å²) in [5.74, 6) is -0.00319. The van der Waals surface area contributed by atoms with Gasteiger partial charge >= 0.3 is 0 Å². The smallest absolute Gasteiger partial charge is 0.254 e. The molecule has 1 aromatic carbocycles. The van der Waals surface area contributed by atoms with Gasteiger partial charge in [-0.1, -0.05) is 43.0 Å². The molecule has 0 unspecified atom stereocenters. The van der Waals surface area contributed by atoms with Crippen LogP contribution in [-0.2, 0) is 6.42 Å². The maximum atomic E-state index is 12.1. The second-order valence-corrected chi connectivity index (χ2v) is 4.60. The first kappa shape index (κ1) is 13.1. The van der Waals surface area contributed by atoms with Crippen LogP contribution in [0.4, 0.5) is 0 Å². The number of hydrogen-bond acceptors (Lipinski definition) is 2. The highest BCUT2D eigenvalue weighted by Crippen LogP contribution is 2.18. The van der Waals surface area contributed by atoms with Crippen LogP contribution in [0.3, 0.4) is 0 Å². The van der Waals surface area contributed by atoms with Gasteiger partial charge in [-0.3, -0.25) is 4.79 Å². The van der Waals surface area contributed by atoms with Crippen molar-refractivity contribution in [1.29, 1.82) is 0 Å². The lowest BCUT2D eigenvalue weighted by molar-refractivity contribution is 0.323. The van der Waals surface area contributed by atoms with Crippen LogP contribution in [0.1, 0.15) is 17.2 Å². The Hall–Kier alpha value is -2.29. The van der Waals surface area contributed by atoms with Gasteiger partial charge in [0.1, 0.15) is 5.76 Å². The molecule has 0 fully saturated rings. The zero-order valence-corrected chi connectivity index (χ0v) is 10.9. The van der Waals surface area contributed by atoms with Crippen LogP contribution >= 0.6 is 0 Å². The molecule has 0 bridgehead atoms. The number of aliphatic hydroxyl groups is 1. The second kappa shape index (κ2) is 5.57. The lowest BCUT2D eigenvalue weighted by atomic mass is 10.0. The first-order chi connectivity index (χ1) is 9.09. The Morgan fingerprint density at radius 3 is 2.58 bits per heavy atom. The molecule has 0 saturated heterocycles. The van der Waals surface area contributed by atoms with Gasteiger partial charge in [-0.15, -0.1) is 0 Å². The van der Waals surface area contributed by atoms with Crippen molar-refractivity contribution in [3.8, 4) is 0 Å². The lowest BCUT2D eigenvalue weighted by Crippen LogP contribution is -2.28. The van der Waals surface area contributed by atoms with Crippen LogP contribution < -0.4 is 5.56 Å². The first-order valence-electron chi connectivity index (χ1n) is 6.19. The molecule has 1 aromatic heterocycles. The summed E-state index contributed by atoms with van der Waals surface area (Å²) in [6, 6.07) is 12.9. The van der Waals surface area contributed by atoms with E-state index in [2.05, 4.69) is 6.58 Å². The quantitative estimate of drug-likeness (QED) is 0.853. The molecule has 3 nitrogen and oxygen atoms in total. The van der Waals surface area contributed by atoms with Crippen molar-refractivity contribution in [1.82, 2.24) is 4.57 Å². The highest BCUT2D eigenvalue weighted by Gasteiger charge is 2.16. The zero-order chi connectivity index (χ0) is 13.8. The van der Waals surface area contributed by atoms with Gasteiger partial charge in [-0.25, -0.2) is 0 Å². The van der Waals surface area contributed by atoms with Gasteiger partial charge in [0.15, 0.2) is 0 Å². The number of nitrogens with zero attached hydrogens (tertiary/aromatic N) is 1. The van der Waals surface area contributed by atoms with Crippen molar-refractivity contribution >= 4 is 0 Å². The van der Waals surface area contributed by atoms with Crippen molar-refractivity contribution in [2.45, 2.75) is 19.4 Å². The van der Waals surface area contributed by atoms with E-state index in [-0.39, 0.29) is 11.3 Å². The van der Waals surface area contributed by atoms with Crippen molar-refractivity contribution in [3.05, 3.63) is 82.5 Å². The maximum Gasteiger partial charge on any atom is 0.254 e. The molecule has 98 valence electrons. The standard InChI is InChI=1S/C16H17NO2/c1-12-7-6-10-17(16(12)19)15(13(2)18)11-14-8-4-3-5-9-14/h3-10,15,18H,2,11H2,1H3/t15-/m0/s1. The van der Waals surface area contributed by atoms with Crippen LogP contribution in [0.2, 0.25) is 0 Å². The SMILES string of the molecule is C=C(O)[C@H](Cc1ccccc1)n1cccc(C)c1=O. The number of benzene rings is 1. The molecule has 0 radical (unpaired) electrons. The predicted molar refractivity (Wildman–Crippen MR) is 76.4 cm³/mol. The van der Waals surface area contributed by atoms with E-state index in [9.17, 15) is 9.90 Å². The zero-order valence-electron chi connectivity index (χ0n) is 10.9. The summed E-state index contributed by atoms with van der Waals surface area (Å²) in [7, 11) is 0. The van der Waals surface area contributed by atoms with E-state index in [0.717, 1.165) is 5.56 Å². The Morgan fingerprint density at radius 1 is 1.26 bits per heavy atom. The summed E-state index contributed by atoms with van der Waals surface area (Å²) in [6.45, 7) is 5.36. The molecule has 2 aromatic rings. The van der Waals surface area contributed by atoms with E-state index in [0.29, 0.717) is 12.0 Å². The average Bonchev–Trinajstić information content (AvgIpc) is 2.40. The Balaban J connectivity index is 2.39. The number of pyridine rings is 1. The van der Waals surface area contributed by atoms with Crippen LogP contribution in [0, 0.1) is 6.92 Å². The van der Waals surface area contributed by atoms with Gasteiger partial charge in [0.2, 0.25) is 0 Å². The van der Waals surface area contributed by atoms with Crippen LogP contribution in [0.25, 0.3) is 0 Å². The van der Waals surface area contributed by atoms with Crippen LogP contribution in [0.15, 0.2) is 65.8 Å². The summed E-state index contributed by atoms with van der Waals surface area (Å²) in [5, 5.41) is 9.79. The summed E-state index contributed by atoms with van der Waals surface area (Å²) < 4.78 is 1.53. The van der Waals surface area contributed by atoms with E-state index in [1.54, 1.807) is 25.3 Å². The van der Waals surface area contributed by atoms with Crippen molar-refractivity contribution in [3.63, 3.8) is 0 Å². The van der Waals surface area contributed by atoms with Gasteiger partial charge < -0.3 is 9.67 Å². The van der Waals surface area contributed by atoms with Crippen LogP contribution in [-0.4, -0.2) is 9.67 Å². The molecular weight excluding hydrogens is 238 g/mol. The molecule has 0 aliphatic carbocycles. The second-order valence-electron chi connectivity index (χ2n) is 4.60. The highest BCUT2D eigenvalue weighted by molar-refractivity contribution is 5.19. The molecule has 0 aliphatic heterocycles. The number of aromatic nitrogens is 1. The van der Waals surface area contributed by atoms with Crippen LogP contribution in [0.5, 0.6) is 0 Å². The summed E-state index contributed by atoms with van der Waals surface area (Å²) in [6.07, 6.45) is 2.23. The lowest BCUT2D eigenvalue weighted by Gasteiger charge is -2.19. The van der Waals surface area contributed by atoms with E-state index in [1.165, 1.54) is 4.57 Å². The summed E-state index contributed by atoms with van der Waals surface area (Å²) >= 11 is 0. The van der Waals surface area contributed by atoms with Crippen molar-refractivity contribution < 1.29 is 5.11 Å². The molecule has 0 aliphatic rings. The molecule has 0 saturated carbocycles. The summed E-state index contributed by atoms with van der Waals surface area (Å²) in [4.78, 5) is 12.1. The Kier molecular flexibility index (Phi) is 3.85. The normalized spacial score (nSPS) is 12.1. The number of aliphatic hydroxyl groups excluding tert-OH is 1. The van der Waals surface area contributed by atoms with Crippen molar-refractivity contribution in [2.75, 3.05) is 0 Å². The van der Waals surface area contributed by atoms with E-state index in [1.807, 2.05) is 30.3 Å². The maximum absolute atomic E-state index is 12.1. The molecule has 2 rings (SSSR count). The van der Waals surface area contributed by atoms with Gasteiger partial charge in [0.25, 0.3) is 5.56 Å². The molecule has 1 N–H and O–H groups in total. The number of rotatable bonds is 4. The number of hydrogen-bond donors (Lipinski definition) is 1. The molecule has 0 amide bonds. The molecule has 19 heavy (non-hydrogen) atoms. The van der Waals surface area contributed by atoms with Crippen molar-refractivity contribution in [2.24, 2.45) is 0 Å². The third-order valence-corrected chi connectivity index (χ3v) is 3.16. The fraction of sp³-hybridized carbons (Fsp3) is 0.188. The minimum absolute atomic E-state index is 0.00319. The highest BCUT2D eigenvalue weighted by atomic mass is 16.3. The Labute approximate surface area is 112 Å². The van der Waals surface area contributed by atoms with Gasteiger partial charge in [0.05, 0.1) is 6.04 Å². The minimum atomic E-state index is -0.435. The fourth-order valence-electron chi connectivity index (χ4n) is 2.08. The monoisotopic (exact) mass is 255 g/mol. The largest absolute Gasteiger partial charge is 0.511 e. The number of allylic oxidation sites excluding steroid dienone is 1. The van der Waals surface area contributed by atoms with Gasteiger partial charge in [0, 0.05) is 18.2 Å². The van der Waals surface area contributed by atoms with Gasteiger partial charge in [-0.2, -0.15) is 0 Å². The minimum Gasteiger partial charge on any atom is -0.511 e. The third kappa shape index (κ3) is 2.94. The number of aryl methyl sites for hydroxylation is 1. The Bertz CT molecular complexity index is 629. The topological polar surface area (TPSA) is 42.2 Å².